The number of piperazine rings is 1. The third-order valence-electron chi connectivity index (χ3n) is 9.14. The molecule has 3 N–H and O–H groups in total. The molecule has 0 radical (unpaired) electrons. The molecule has 2 aliphatic rings. The van der Waals surface area contributed by atoms with Gasteiger partial charge in [0.1, 0.15) is 5.75 Å². The Kier molecular flexibility index (Phi) is 9.51. The molecule has 0 saturated carbocycles. The van der Waals surface area contributed by atoms with E-state index in [0.29, 0.717) is 23.9 Å². The van der Waals surface area contributed by atoms with Crippen molar-refractivity contribution < 1.29 is 14.6 Å². The molecule has 2 aromatic carbocycles. The molecule has 242 valence electrons. The number of para-hydroxylation sites is 1. The minimum absolute atomic E-state index is 0.186. The number of hydrogen-bond acceptors (Lipinski definition) is 9. The zero-order chi connectivity index (χ0) is 32.2. The van der Waals surface area contributed by atoms with Gasteiger partial charge < -0.3 is 25.4 Å². The van der Waals surface area contributed by atoms with Gasteiger partial charge in [0.15, 0.2) is 5.69 Å². The van der Waals surface area contributed by atoms with Crippen molar-refractivity contribution in [1.29, 1.82) is 0 Å². The minimum atomic E-state index is -0.192. The molecule has 0 spiro atoms. The van der Waals surface area contributed by atoms with Gasteiger partial charge in [0.25, 0.3) is 5.91 Å². The highest BCUT2D eigenvalue weighted by molar-refractivity contribution is 6.05. The first-order valence-electron chi connectivity index (χ1n) is 16.3. The number of nitrogens with zero attached hydrogens (tertiary/aromatic N) is 6. The number of carbonyl (C=O) groups is 1. The average Bonchev–Trinajstić information content (AvgIpc) is 3.29. The monoisotopic (exact) mass is 624 g/mol. The van der Waals surface area contributed by atoms with E-state index in [0.717, 1.165) is 109 Å². The highest BCUT2D eigenvalue weighted by atomic mass is 16.5. The van der Waals surface area contributed by atoms with Crippen LogP contribution in [0.3, 0.4) is 0 Å². The molecule has 1 aliphatic carbocycles. The van der Waals surface area contributed by atoms with Crippen LogP contribution in [-0.2, 0) is 32.7 Å². The Hall–Kier alpha value is -4.48. The standard InChI is InChI=1S/C35H44N8O3/c1-5-23-9-7-10-24(6-2)30(23)38-34(45)32-27-12-8-11-25-22-36-35(39-31(25)33(27)41(3)40-32)37-28-14-13-26(21-29(28)46-4)43-17-15-42(16-18-43)19-20-44/h7,9-10,13-14,21-22,44H,5-6,8,11-12,15-20H2,1-4H3,(H,38,45)(H,36,37,39). The summed E-state index contributed by atoms with van der Waals surface area (Å²) in [6.07, 6.45) is 5.96. The molecule has 0 atom stereocenters. The lowest BCUT2D eigenvalue weighted by atomic mass is 10.0. The second-order valence-electron chi connectivity index (χ2n) is 11.9. The summed E-state index contributed by atoms with van der Waals surface area (Å²) in [5.74, 6) is 0.961. The van der Waals surface area contributed by atoms with Gasteiger partial charge in [-0.25, -0.2) is 9.97 Å². The number of amides is 1. The molecule has 0 unspecified atom stereocenters. The van der Waals surface area contributed by atoms with Gasteiger partial charge in [-0.15, -0.1) is 0 Å². The molecule has 6 rings (SSSR count). The first-order valence-corrected chi connectivity index (χ1v) is 16.3. The highest BCUT2D eigenvalue weighted by Gasteiger charge is 2.28. The van der Waals surface area contributed by atoms with Gasteiger partial charge in [0.2, 0.25) is 5.95 Å². The van der Waals surface area contributed by atoms with E-state index >= 15 is 0 Å². The largest absolute Gasteiger partial charge is 0.494 e. The lowest BCUT2D eigenvalue weighted by Gasteiger charge is -2.36. The number of rotatable bonds is 10. The van der Waals surface area contributed by atoms with E-state index in [4.69, 9.17) is 14.8 Å². The smallest absolute Gasteiger partial charge is 0.276 e. The number of anilines is 4. The maximum Gasteiger partial charge on any atom is 0.276 e. The molecule has 3 heterocycles. The molecule has 0 bridgehead atoms. The second-order valence-corrected chi connectivity index (χ2v) is 11.9. The molecule has 1 aliphatic heterocycles. The molecule has 11 heteroatoms. The lowest BCUT2D eigenvalue weighted by molar-refractivity contribution is 0.102. The van der Waals surface area contributed by atoms with Gasteiger partial charge in [0.05, 0.1) is 30.8 Å². The summed E-state index contributed by atoms with van der Waals surface area (Å²) in [7, 11) is 3.54. The third kappa shape index (κ3) is 6.29. The number of ether oxygens (including phenoxy) is 1. The normalized spacial score (nSPS) is 14.8. The Balaban J connectivity index is 1.26. The van der Waals surface area contributed by atoms with Gasteiger partial charge in [-0.2, -0.15) is 5.10 Å². The maximum absolute atomic E-state index is 13.8. The molecular weight excluding hydrogens is 580 g/mol. The van der Waals surface area contributed by atoms with Crippen LogP contribution >= 0.6 is 0 Å². The zero-order valence-electron chi connectivity index (χ0n) is 27.3. The van der Waals surface area contributed by atoms with Crippen LogP contribution in [0.15, 0.2) is 42.6 Å². The Morgan fingerprint density at radius 2 is 1.80 bits per heavy atom. The van der Waals surface area contributed by atoms with Crippen molar-refractivity contribution in [3.05, 3.63) is 70.5 Å². The zero-order valence-corrected chi connectivity index (χ0v) is 27.3. The topological polar surface area (TPSA) is 121 Å². The fraction of sp³-hybridized carbons (Fsp3) is 0.429. The summed E-state index contributed by atoms with van der Waals surface area (Å²) in [5.41, 5.74) is 9.02. The molecule has 1 saturated heterocycles. The number of benzene rings is 2. The van der Waals surface area contributed by atoms with Gasteiger partial charge in [-0.05, 0) is 60.9 Å². The number of aromatic nitrogens is 4. The van der Waals surface area contributed by atoms with Crippen LogP contribution in [0, 0.1) is 0 Å². The van der Waals surface area contributed by atoms with E-state index < -0.39 is 0 Å². The summed E-state index contributed by atoms with van der Waals surface area (Å²) in [4.78, 5) is 28.0. The molecule has 11 nitrogen and oxygen atoms in total. The van der Waals surface area contributed by atoms with Crippen LogP contribution in [-0.4, -0.2) is 82.1 Å². The summed E-state index contributed by atoms with van der Waals surface area (Å²) >= 11 is 0. The van der Waals surface area contributed by atoms with Crippen molar-refractivity contribution in [2.24, 2.45) is 7.05 Å². The quantitative estimate of drug-likeness (QED) is 0.232. The van der Waals surface area contributed by atoms with E-state index in [1.807, 2.05) is 25.4 Å². The van der Waals surface area contributed by atoms with Crippen molar-refractivity contribution in [3.63, 3.8) is 0 Å². The number of nitrogens with one attached hydrogen (secondary N) is 2. The fourth-order valence-electron chi connectivity index (χ4n) is 6.64. The third-order valence-corrected chi connectivity index (χ3v) is 9.14. The number of aliphatic hydroxyl groups is 1. The van der Waals surface area contributed by atoms with Crippen molar-refractivity contribution >= 4 is 28.9 Å². The lowest BCUT2D eigenvalue weighted by Crippen LogP contribution is -2.47. The first kappa shape index (κ1) is 31.5. The van der Waals surface area contributed by atoms with Crippen LogP contribution in [0.5, 0.6) is 5.75 Å². The number of fused-ring (bicyclic) bond motifs is 3. The van der Waals surface area contributed by atoms with E-state index in [-0.39, 0.29) is 12.5 Å². The number of β-amino-alcohol motifs (C(OH)–C–C–N with tert-alkyl or cyclic N) is 1. The molecule has 2 aromatic heterocycles. The number of aryl methyl sites for hydroxylation is 4. The number of aliphatic hydroxyl groups excluding tert-OH is 1. The van der Waals surface area contributed by atoms with E-state index in [2.05, 4.69) is 63.5 Å². The van der Waals surface area contributed by atoms with Crippen LogP contribution in [0.2, 0.25) is 0 Å². The van der Waals surface area contributed by atoms with Crippen LogP contribution in [0.1, 0.15) is 53.0 Å². The predicted molar refractivity (Wildman–Crippen MR) is 181 cm³/mol. The van der Waals surface area contributed by atoms with E-state index in [9.17, 15) is 9.90 Å². The highest BCUT2D eigenvalue weighted by Crippen LogP contribution is 2.36. The summed E-state index contributed by atoms with van der Waals surface area (Å²) < 4.78 is 7.57. The maximum atomic E-state index is 13.8. The van der Waals surface area contributed by atoms with Crippen LogP contribution < -0.4 is 20.3 Å². The molecule has 1 fully saturated rings. The van der Waals surface area contributed by atoms with Crippen molar-refractivity contribution in [2.45, 2.75) is 46.0 Å². The number of carbonyl (C=O) groups excluding carboxylic acids is 1. The van der Waals surface area contributed by atoms with Crippen molar-refractivity contribution in [2.75, 3.05) is 62.0 Å². The Labute approximate surface area is 270 Å². The van der Waals surface area contributed by atoms with Gasteiger partial charge in [0, 0.05) is 69.0 Å². The minimum Gasteiger partial charge on any atom is -0.494 e. The van der Waals surface area contributed by atoms with Crippen molar-refractivity contribution in [3.8, 4) is 17.1 Å². The van der Waals surface area contributed by atoms with Crippen molar-refractivity contribution in [1.82, 2.24) is 24.6 Å². The molecule has 4 aromatic rings. The summed E-state index contributed by atoms with van der Waals surface area (Å²) in [5, 5.41) is 20.6. The molecule has 46 heavy (non-hydrogen) atoms. The predicted octanol–water partition coefficient (Wildman–Crippen LogP) is 4.61. The summed E-state index contributed by atoms with van der Waals surface area (Å²) in [6, 6.07) is 12.3. The SMILES string of the molecule is CCc1cccc(CC)c1NC(=O)c1nn(C)c2c1CCCc1cnc(Nc3ccc(N4CCN(CCO)CC4)cc3OC)nc1-2. The number of hydrogen-bond donors (Lipinski definition) is 3. The Bertz CT molecular complexity index is 1690. The van der Waals surface area contributed by atoms with Gasteiger partial charge in [-0.1, -0.05) is 32.0 Å². The van der Waals surface area contributed by atoms with Crippen LogP contribution in [0.25, 0.3) is 11.4 Å². The fourth-order valence-corrected chi connectivity index (χ4v) is 6.64. The average molecular weight is 625 g/mol. The van der Waals surface area contributed by atoms with E-state index in [1.165, 1.54) is 0 Å². The Morgan fingerprint density at radius 3 is 2.50 bits per heavy atom. The van der Waals surface area contributed by atoms with Gasteiger partial charge in [-0.3, -0.25) is 14.4 Å². The van der Waals surface area contributed by atoms with E-state index in [1.54, 1.807) is 11.8 Å². The van der Waals surface area contributed by atoms with Gasteiger partial charge >= 0.3 is 0 Å². The first-order chi connectivity index (χ1) is 22.4. The molecule has 1 amide bonds. The Morgan fingerprint density at radius 1 is 1.04 bits per heavy atom. The summed E-state index contributed by atoms with van der Waals surface area (Å²) in [6.45, 7) is 8.71. The van der Waals surface area contributed by atoms with Crippen LogP contribution in [0.4, 0.5) is 23.0 Å². The number of methoxy groups -OCH3 is 1. The molecular formula is C35H44N8O3. The second kappa shape index (κ2) is 13.9.